The lowest BCUT2D eigenvalue weighted by Crippen LogP contribution is -2.51. The maximum absolute atomic E-state index is 14.3. The average molecular weight is 692 g/mol. The Morgan fingerprint density at radius 3 is 2.59 bits per heavy atom. The van der Waals surface area contributed by atoms with Crippen molar-refractivity contribution in [1.29, 1.82) is 0 Å². The number of rotatable bonds is 12. The molecule has 0 unspecified atom stereocenters. The van der Waals surface area contributed by atoms with E-state index in [-0.39, 0.29) is 54.2 Å². The van der Waals surface area contributed by atoms with Crippen LogP contribution in [0.4, 0.5) is 10.5 Å². The smallest absolute Gasteiger partial charge is 0.407 e. The minimum atomic E-state index is -4.21. The summed E-state index contributed by atoms with van der Waals surface area (Å²) in [6.07, 6.45) is -0.513. The number of aliphatic hydroxyl groups is 1. The molecule has 3 aromatic rings. The summed E-state index contributed by atoms with van der Waals surface area (Å²) in [4.78, 5) is 26.0. The van der Waals surface area contributed by atoms with Gasteiger partial charge >= 0.3 is 6.09 Å². The molecule has 260 valence electrons. The standard InChI is InChI=1S/C36H41N3O9S/c1-22(2)19-39(49(44,45)25-12-13-29-27(18-25)28(34(42)37-29)17-24-10-6-7-11-31(24)40)20-32(41)30(16-23-8-4-3-5-9-23)38-36(43)48-33-21-47-35-26(33)14-15-46-35/h3-13,17-18,22,26,30,32-33,35,40-41H,14-16,19-21H2,1-2H3,(H,37,42)(H,38,43)/b28-17-/t26-,30-,32+,33-,35+/m0/s1. The molecule has 3 aromatic carbocycles. The fourth-order valence-electron chi connectivity index (χ4n) is 6.42. The van der Waals surface area contributed by atoms with E-state index in [1.165, 1.54) is 34.6 Å². The number of fused-ring (bicyclic) bond motifs is 2. The van der Waals surface area contributed by atoms with Crippen molar-refractivity contribution in [2.45, 2.75) is 56.1 Å². The van der Waals surface area contributed by atoms with Gasteiger partial charge in [0.2, 0.25) is 10.0 Å². The van der Waals surface area contributed by atoms with E-state index in [2.05, 4.69) is 10.6 Å². The van der Waals surface area contributed by atoms with Crippen LogP contribution in [-0.4, -0.2) is 85.8 Å². The quantitative estimate of drug-likeness (QED) is 0.206. The monoisotopic (exact) mass is 691 g/mol. The molecule has 0 saturated carbocycles. The van der Waals surface area contributed by atoms with E-state index in [1.54, 1.807) is 18.2 Å². The summed E-state index contributed by atoms with van der Waals surface area (Å²) in [5.41, 5.74) is 2.26. The van der Waals surface area contributed by atoms with E-state index >= 15 is 0 Å². The summed E-state index contributed by atoms with van der Waals surface area (Å²) >= 11 is 0. The number of nitrogens with one attached hydrogen (secondary N) is 2. The van der Waals surface area contributed by atoms with Gasteiger partial charge in [-0.1, -0.05) is 62.4 Å². The highest BCUT2D eigenvalue weighted by Gasteiger charge is 2.44. The van der Waals surface area contributed by atoms with Crippen LogP contribution in [0.5, 0.6) is 5.75 Å². The van der Waals surface area contributed by atoms with Crippen molar-refractivity contribution in [3.8, 4) is 5.75 Å². The first-order chi connectivity index (χ1) is 23.5. The fourth-order valence-corrected chi connectivity index (χ4v) is 8.07. The van der Waals surface area contributed by atoms with Crippen LogP contribution in [0.15, 0.2) is 77.7 Å². The van der Waals surface area contributed by atoms with E-state index < -0.39 is 46.6 Å². The van der Waals surface area contributed by atoms with Gasteiger partial charge in [-0.05, 0) is 54.7 Å². The van der Waals surface area contributed by atoms with Crippen LogP contribution in [0.2, 0.25) is 0 Å². The van der Waals surface area contributed by atoms with Gasteiger partial charge in [0.15, 0.2) is 6.29 Å². The topological polar surface area (TPSA) is 164 Å². The van der Waals surface area contributed by atoms with Gasteiger partial charge in [-0.15, -0.1) is 0 Å². The van der Waals surface area contributed by atoms with Crippen molar-refractivity contribution in [3.05, 3.63) is 89.5 Å². The number of sulfonamides is 1. The maximum Gasteiger partial charge on any atom is 0.407 e. The highest BCUT2D eigenvalue weighted by Crippen LogP contribution is 2.37. The Morgan fingerprint density at radius 2 is 1.84 bits per heavy atom. The predicted octanol–water partition coefficient (Wildman–Crippen LogP) is 3.99. The molecule has 12 nitrogen and oxygen atoms in total. The Balaban J connectivity index is 1.25. The number of hydrogen-bond donors (Lipinski definition) is 4. The minimum Gasteiger partial charge on any atom is -0.507 e. The zero-order chi connectivity index (χ0) is 34.7. The molecular formula is C36H41N3O9S. The third kappa shape index (κ3) is 7.81. The van der Waals surface area contributed by atoms with Crippen molar-refractivity contribution >= 4 is 39.4 Å². The number of hydrogen-bond acceptors (Lipinski definition) is 9. The van der Waals surface area contributed by atoms with Crippen molar-refractivity contribution in [2.24, 2.45) is 11.8 Å². The number of amides is 2. The Hall–Kier alpha value is -4.27. The highest BCUT2D eigenvalue weighted by molar-refractivity contribution is 7.89. The molecule has 5 atom stereocenters. The number of ether oxygens (including phenoxy) is 3. The number of phenolic OH excluding ortho intramolecular Hbond substituents is 1. The summed E-state index contributed by atoms with van der Waals surface area (Å²) in [5, 5.41) is 27.5. The number of phenols is 1. The maximum atomic E-state index is 14.3. The SMILES string of the molecule is CC(C)CN(C[C@@H](O)[C@H](Cc1ccccc1)NC(=O)O[C@H]1CO[C@H]2OCC[C@H]21)S(=O)(=O)c1ccc2c(c1)/C(=C/c1ccccc1O)C(=O)N2. The van der Waals surface area contributed by atoms with Gasteiger partial charge < -0.3 is 35.1 Å². The number of aliphatic hydroxyl groups excluding tert-OH is 1. The van der Waals surface area contributed by atoms with Gasteiger partial charge in [0.25, 0.3) is 5.91 Å². The zero-order valence-electron chi connectivity index (χ0n) is 27.3. The molecule has 3 aliphatic rings. The Kier molecular flexibility index (Phi) is 10.4. The van der Waals surface area contributed by atoms with E-state index in [4.69, 9.17) is 14.2 Å². The summed E-state index contributed by atoms with van der Waals surface area (Å²) in [6, 6.07) is 19.3. The fraction of sp³-hybridized carbons (Fsp3) is 0.389. The second-order valence-corrected chi connectivity index (χ2v) is 14.9. The largest absolute Gasteiger partial charge is 0.507 e. The lowest BCUT2D eigenvalue weighted by molar-refractivity contribution is -0.110. The van der Waals surface area contributed by atoms with E-state index in [1.807, 2.05) is 44.2 Å². The number of alkyl carbamates (subject to hydrolysis) is 1. The molecular weight excluding hydrogens is 650 g/mol. The number of carbonyl (C=O) groups excluding carboxylic acids is 2. The number of nitrogens with zero attached hydrogens (tertiary/aromatic N) is 1. The number of para-hydroxylation sites is 1. The molecule has 0 aliphatic carbocycles. The average Bonchev–Trinajstić information content (AvgIpc) is 3.77. The van der Waals surface area contributed by atoms with Gasteiger partial charge in [-0.25, -0.2) is 13.2 Å². The molecule has 49 heavy (non-hydrogen) atoms. The highest BCUT2D eigenvalue weighted by atomic mass is 32.2. The lowest BCUT2D eigenvalue weighted by Gasteiger charge is -2.31. The van der Waals surface area contributed by atoms with Crippen molar-refractivity contribution < 1.29 is 42.4 Å². The third-order valence-electron chi connectivity index (χ3n) is 8.92. The van der Waals surface area contributed by atoms with Crippen molar-refractivity contribution in [3.63, 3.8) is 0 Å². The van der Waals surface area contributed by atoms with Gasteiger partial charge in [0, 0.05) is 35.5 Å². The molecule has 0 radical (unpaired) electrons. The third-order valence-corrected chi connectivity index (χ3v) is 10.7. The molecule has 2 saturated heterocycles. The first-order valence-corrected chi connectivity index (χ1v) is 17.8. The molecule has 0 spiro atoms. The van der Waals surface area contributed by atoms with E-state index in [0.29, 0.717) is 29.8 Å². The van der Waals surface area contributed by atoms with Gasteiger partial charge in [-0.3, -0.25) is 4.79 Å². The molecule has 3 heterocycles. The van der Waals surface area contributed by atoms with Crippen LogP contribution in [0.3, 0.4) is 0 Å². The normalized spacial score (nSPS) is 22.2. The van der Waals surface area contributed by atoms with Crippen LogP contribution < -0.4 is 10.6 Å². The minimum absolute atomic E-state index is 0.0204. The van der Waals surface area contributed by atoms with E-state index in [0.717, 1.165) is 5.56 Å². The second-order valence-electron chi connectivity index (χ2n) is 13.0. The van der Waals surface area contributed by atoms with Crippen LogP contribution >= 0.6 is 0 Å². The predicted molar refractivity (Wildman–Crippen MR) is 182 cm³/mol. The first kappa shape index (κ1) is 34.6. The summed E-state index contributed by atoms with van der Waals surface area (Å²) in [7, 11) is -4.21. The van der Waals surface area contributed by atoms with Crippen molar-refractivity contribution in [1.82, 2.24) is 9.62 Å². The number of benzene rings is 3. The molecule has 0 aromatic heterocycles. The molecule has 2 amide bonds. The van der Waals surface area contributed by atoms with Gasteiger partial charge in [0.1, 0.15) is 11.9 Å². The summed E-state index contributed by atoms with van der Waals surface area (Å²) in [6.45, 7) is 4.23. The first-order valence-electron chi connectivity index (χ1n) is 16.4. The molecule has 13 heteroatoms. The number of aromatic hydroxyl groups is 1. The van der Waals surface area contributed by atoms with Crippen LogP contribution in [0, 0.1) is 11.8 Å². The van der Waals surface area contributed by atoms with Crippen LogP contribution in [0.1, 0.15) is 37.0 Å². The molecule has 6 rings (SSSR count). The molecule has 4 N–H and O–H groups in total. The number of anilines is 1. The molecule has 2 fully saturated rings. The number of carbonyl (C=O) groups is 2. The van der Waals surface area contributed by atoms with Crippen molar-refractivity contribution in [2.75, 3.05) is 31.6 Å². The summed E-state index contributed by atoms with van der Waals surface area (Å²) < 4.78 is 46.5. The van der Waals surface area contributed by atoms with Gasteiger partial charge in [-0.2, -0.15) is 4.31 Å². The molecule has 3 aliphatic heterocycles. The zero-order valence-corrected chi connectivity index (χ0v) is 28.1. The Labute approximate surface area is 285 Å². The van der Waals surface area contributed by atoms with E-state index in [9.17, 15) is 28.2 Å². The van der Waals surface area contributed by atoms with Crippen LogP contribution in [0.25, 0.3) is 11.6 Å². The van der Waals surface area contributed by atoms with Crippen LogP contribution in [-0.2, 0) is 35.4 Å². The summed E-state index contributed by atoms with van der Waals surface area (Å²) in [5.74, 6) is -0.621. The lowest BCUT2D eigenvalue weighted by atomic mass is 10.0. The van der Waals surface area contributed by atoms with Gasteiger partial charge in [0.05, 0.1) is 36.2 Å². The Morgan fingerprint density at radius 1 is 1.08 bits per heavy atom. The Bertz CT molecular complexity index is 1820. The second kappa shape index (κ2) is 14.7. The molecule has 0 bridgehead atoms.